The molecule has 3 rings (SSSR count). The maximum Gasteiger partial charge on any atom is 0.236 e. The fraction of sp³-hybridized carbons (Fsp3) is 0.125. The minimum absolute atomic E-state index is 0.111. The fourth-order valence-electron chi connectivity index (χ4n) is 2.04. The lowest BCUT2D eigenvalue weighted by Gasteiger charge is -2.06. The highest BCUT2D eigenvalue weighted by molar-refractivity contribution is 7.13. The van der Waals surface area contributed by atoms with Gasteiger partial charge < -0.3 is 9.73 Å². The van der Waals surface area contributed by atoms with Gasteiger partial charge in [0.05, 0.1) is 27.7 Å². The van der Waals surface area contributed by atoms with E-state index in [1.54, 1.807) is 25.1 Å². The Morgan fingerprint density at radius 3 is 2.87 bits per heavy atom. The zero-order valence-electron chi connectivity index (χ0n) is 12.1. The molecule has 3 aromatic rings. The van der Waals surface area contributed by atoms with Gasteiger partial charge in [0.1, 0.15) is 5.76 Å². The molecule has 1 amide bonds. The van der Waals surface area contributed by atoms with E-state index in [4.69, 9.17) is 27.6 Å². The number of nitrogens with one attached hydrogen (secondary N) is 1. The Bertz CT molecular complexity index is 844. The number of carbonyl (C=O) groups excluding carboxylic acids is 1. The van der Waals surface area contributed by atoms with E-state index >= 15 is 0 Å². The van der Waals surface area contributed by atoms with Crippen molar-refractivity contribution in [2.45, 2.75) is 13.3 Å². The molecular formula is C16H12Cl2N2O2S. The van der Waals surface area contributed by atoms with Crippen LogP contribution < -0.4 is 5.32 Å². The van der Waals surface area contributed by atoms with E-state index in [2.05, 4.69) is 10.3 Å². The number of nitrogens with zero attached hydrogens (tertiary/aromatic N) is 1. The van der Waals surface area contributed by atoms with E-state index in [0.29, 0.717) is 33.1 Å². The maximum absolute atomic E-state index is 12.2. The first-order valence-corrected chi connectivity index (χ1v) is 8.41. The van der Waals surface area contributed by atoms with Gasteiger partial charge in [-0.25, -0.2) is 4.98 Å². The third kappa shape index (κ3) is 3.75. The summed E-state index contributed by atoms with van der Waals surface area (Å²) in [6.45, 7) is 1.79. The lowest BCUT2D eigenvalue weighted by atomic mass is 10.2. The van der Waals surface area contributed by atoms with Crippen LogP contribution in [0.2, 0.25) is 10.0 Å². The maximum atomic E-state index is 12.2. The molecule has 1 aromatic carbocycles. The van der Waals surface area contributed by atoms with Crippen LogP contribution in [0.5, 0.6) is 0 Å². The van der Waals surface area contributed by atoms with Crippen LogP contribution in [0, 0.1) is 6.92 Å². The summed E-state index contributed by atoms with van der Waals surface area (Å²) in [5, 5.41) is 5.60. The Hall–Kier alpha value is -1.82. The van der Waals surface area contributed by atoms with E-state index in [9.17, 15) is 4.79 Å². The summed E-state index contributed by atoms with van der Waals surface area (Å²) in [6, 6.07) is 8.76. The van der Waals surface area contributed by atoms with Gasteiger partial charge in [-0.1, -0.05) is 29.3 Å². The van der Waals surface area contributed by atoms with Crippen molar-refractivity contribution in [3.8, 4) is 10.8 Å². The van der Waals surface area contributed by atoms with Gasteiger partial charge in [-0.3, -0.25) is 4.79 Å². The summed E-state index contributed by atoms with van der Waals surface area (Å²) in [7, 11) is 0. The standard InChI is InChI=1S/C16H12Cl2N2O2S/c1-9-13(20-16(22-9)14-3-2-6-23-14)8-15(21)19-12-5-4-10(17)7-11(12)18/h2-7H,8H2,1H3,(H,19,21). The predicted molar refractivity (Wildman–Crippen MR) is 93.3 cm³/mol. The first-order valence-electron chi connectivity index (χ1n) is 6.78. The van der Waals surface area contributed by atoms with Crippen molar-refractivity contribution in [2.24, 2.45) is 0 Å². The molecule has 0 spiro atoms. The third-order valence-electron chi connectivity index (χ3n) is 3.16. The number of benzene rings is 1. The van der Waals surface area contributed by atoms with Crippen LogP contribution in [0.15, 0.2) is 40.1 Å². The van der Waals surface area contributed by atoms with Gasteiger partial charge >= 0.3 is 0 Å². The van der Waals surface area contributed by atoms with Gasteiger partial charge in [0, 0.05) is 5.02 Å². The molecule has 0 aliphatic carbocycles. The molecule has 1 N–H and O–H groups in total. The van der Waals surface area contributed by atoms with Crippen LogP contribution >= 0.6 is 34.5 Å². The molecule has 7 heteroatoms. The topological polar surface area (TPSA) is 55.1 Å². The van der Waals surface area contributed by atoms with Crippen LogP contribution in [-0.4, -0.2) is 10.9 Å². The molecule has 23 heavy (non-hydrogen) atoms. The number of oxazole rings is 1. The second-order valence-electron chi connectivity index (χ2n) is 4.85. The van der Waals surface area contributed by atoms with Gasteiger partial charge in [-0.05, 0) is 36.6 Å². The zero-order valence-corrected chi connectivity index (χ0v) is 14.4. The predicted octanol–water partition coefficient (Wildman–Crippen LogP) is 5.20. The molecule has 0 bridgehead atoms. The second-order valence-corrected chi connectivity index (χ2v) is 6.64. The van der Waals surface area contributed by atoms with Gasteiger partial charge in [0.25, 0.3) is 0 Å². The smallest absolute Gasteiger partial charge is 0.236 e. The number of halogens is 2. The van der Waals surface area contributed by atoms with Crippen molar-refractivity contribution in [1.29, 1.82) is 0 Å². The average Bonchev–Trinajstić information content (AvgIpc) is 3.13. The normalized spacial score (nSPS) is 10.7. The Morgan fingerprint density at radius 1 is 1.35 bits per heavy atom. The molecule has 0 saturated carbocycles. The number of carbonyl (C=O) groups is 1. The number of thiophene rings is 1. The third-order valence-corrected chi connectivity index (χ3v) is 4.56. The van der Waals surface area contributed by atoms with Gasteiger partial charge in [-0.2, -0.15) is 0 Å². The molecular weight excluding hydrogens is 355 g/mol. The largest absolute Gasteiger partial charge is 0.440 e. The molecule has 0 unspecified atom stereocenters. The van der Waals surface area contributed by atoms with Crippen molar-refractivity contribution in [2.75, 3.05) is 5.32 Å². The van der Waals surface area contributed by atoms with E-state index in [1.807, 2.05) is 17.5 Å². The van der Waals surface area contributed by atoms with Crippen molar-refractivity contribution >= 4 is 46.1 Å². The lowest BCUT2D eigenvalue weighted by molar-refractivity contribution is -0.115. The summed E-state index contributed by atoms with van der Waals surface area (Å²) in [5.74, 6) is 0.943. The van der Waals surface area contributed by atoms with Crippen molar-refractivity contribution in [3.05, 3.63) is 57.2 Å². The summed E-state index contributed by atoms with van der Waals surface area (Å²) in [6.07, 6.45) is 0.111. The van der Waals surface area contributed by atoms with Gasteiger partial charge in [0.2, 0.25) is 11.8 Å². The second kappa shape index (κ2) is 6.74. The summed E-state index contributed by atoms with van der Waals surface area (Å²) in [5.41, 5.74) is 1.12. The Labute approximate surface area is 147 Å². The van der Waals surface area contributed by atoms with Crippen molar-refractivity contribution in [3.63, 3.8) is 0 Å². The number of aryl methyl sites for hydroxylation is 1. The van der Waals surface area contributed by atoms with Crippen LogP contribution in [0.3, 0.4) is 0 Å². The van der Waals surface area contributed by atoms with Crippen LogP contribution in [0.4, 0.5) is 5.69 Å². The highest BCUT2D eigenvalue weighted by Gasteiger charge is 2.16. The Morgan fingerprint density at radius 2 is 2.17 bits per heavy atom. The molecule has 0 fully saturated rings. The van der Waals surface area contributed by atoms with Crippen LogP contribution in [0.1, 0.15) is 11.5 Å². The molecule has 0 radical (unpaired) electrons. The van der Waals surface area contributed by atoms with Crippen LogP contribution in [0.25, 0.3) is 10.8 Å². The number of amides is 1. The fourth-order valence-corrected chi connectivity index (χ4v) is 3.14. The number of hydrogen-bond acceptors (Lipinski definition) is 4. The molecule has 0 aliphatic heterocycles. The first kappa shape index (κ1) is 16.1. The molecule has 2 heterocycles. The van der Waals surface area contributed by atoms with E-state index in [0.717, 1.165) is 4.88 Å². The van der Waals surface area contributed by atoms with Crippen molar-refractivity contribution in [1.82, 2.24) is 4.98 Å². The number of rotatable bonds is 4. The minimum atomic E-state index is -0.219. The first-order chi connectivity index (χ1) is 11.0. The Kier molecular flexibility index (Phi) is 4.71. The van der Waals surface area contributed by atoms with Gasteiger partial charge in [-0.15, -0.1) is 11.3 Å². The van der Waals surface area contributed by atoms with E-state index in [-0.39, 0.29) is 12.3 Å². The van der Waals surface area contributed by atoms with Crippen molar-refractivity contribution < 1.29 is 9.21 Å². The highest BCUT2D eigenvalue weighted by Crippen LogP contribution is 2.27. The van der Waals surface area contributed by atoms with E-state index < -0.39 is 0 Å². The monoisotopic (exact) mass is 366 g/mol. The molecule has 4 nitrogen and oxygen atoms in total. The highest BCUT2D eigenvalue weighted by atomic mass is 35.5. The number of anilines is 1. The molecule has 0 saturated heterocycles. The summed E-state index contributed by atoms with van der Waals surface area (Å²) in [4.78, 5) is 17.5. The molecule has 0 aliphatic rings. The summed E-state index contributed by atoms with van der Waals surface area (Å²) >= 11 is 13.4. The zero-order chi connectivity index (χ0) is 16.4. The summed E-state index contributed by atoms with van der Waals surface area (Å²) < 4.78 is 5.63. The van der Waals surface area contributed by atoms with E-state index in [1.165, 1.54) is 11.3 Å². The SMILES string of the molecule is Cc1oc(-c2cccs2)nc1CC(=O)Nc1ccc(Cl)cc1Cl. The number of hydrogen-bond donors (Lipinski definition) is 1. The lowest BCUT2D eigenvalue weighted by Crippen LogP contribution is -2.15. The minimum Gasteiger partial charge on any atom is -0.440 e. The molecule has 2 aromatic heterocycles. The van der Waals surface area contributed by atoms with Gasteiger partial charge in [0.15, 0.2) is 0 Å². The quantitative estimate of drug-likeness (QED) is 0.690. The number of aromatic nitrogens is 1. The average molecular weight is 367 g/mol. The Balaban J connectivity index is 1.73. The molecule has 118 valence electrons. The van der Waals surface area contributed by atoms with Crippen LogP contribution in [-0.2, 0) is 11.2 Å². The molecule has 0 atom stereocenters.